The fourth-order valence-corrected chi connectivity index (χ4v) is 7.84. The second-order valence-electron chi connectivity index (χ2n) is 11.0. The van der Waals surface area contributed by atoms with E-state index in [1.807, 2.05) is 0 Å². The van der Waals surface area contributed by atoms with Crippen LogP contribution in [-0.2, 0) is 33.4 Å². The molecule has 178 valence electrons. The van der Waals surface area contributed by atoms with Gasteiger partial charge in [-0.3, -0.25) is 19.2 Å². The van der Waals surface area contributed by atoms with Crippen molar-refractivity contribution in [3.8, 4) is 0 Å². The summed E-state index contributed by atoms with van der Waals surface area (Å²) in [5, 5.41) is 0. The normalized spacial score (nSPS) is 42.8. The van der Waals surface area contributed by atoms with Gasteiger partial charge in [0, 0.05) is 38.5 Å². The van der Waals surface area contributed by atoms with Gasteiger partial charge in [-0.2, -0.15) is 0 Å². The zero-order valence-corrected chi connectivity index (χ0v) is 19.7. The number of rotatable bonds is 4. The fourth-order valence-electron chi connectivity index (χ4n) is 7.84. The molecule has 0 aromatic rings. The van der Waals surface area contributed by atoms with Gasteiger partial charge in [-0.15, -0.1) is 0 Å². The molecule has 4 aliphatic carbocycles. The molecule has 8 atom stereocenters. The molecule has 7 nitrogen and oxygen atoms in total. The highest BCUT2D eigenvalue weighted by Gasteiger charge is 2.64. The number of hydrogen-bond acceptors (Lipinski definition) is 7. The molecule has 0 aromatic heterocycles. The Morgan fingerprint density at radius 2 is 1.59 bits per heavy atom. The second-order valence-corrected chi connectivity index (χ2v) is 11.0. The highest BCUT2D eigenvalue weighted by Crippen LogP contribution is 2.65. The maximum atomic E-state index is 13.6. The Morgan fingerprint density at radius 3 is 2.25 bits per heavy atom. The van der Waals surface area contributed by atoms with Gasteiger partial charge >= 0.3 is 17.9 Å². The lowest BCUT2D eigenvalue weighted by molar-refractivity contribution is -0.171. The summed E-state index contributed by atoms with van der Waals surface area (Å²) in [6, 6.07) is 0. The first-order chi connectivity index (χ1) is 15.0. The van der Waals surface area contributed by atoms with Gasteiger partial charge in [-0.05, 0) is 68.1 Å². The second kappa shape index (κ2) is 8.45. The maximum Gasteiger partial charge on any atom is 0.302 e. The summed E-state index contributed by atoms with van der Waals surface area (Å²) < 4.78 is 16.6. The van der Waals surface area contributed by atoms with Crippen molar-refractivity contribution in [2.45, 2.75) is 91.3 Å². The van der Waals surface area contributed by atoms with Gasteiger partial charge in [-0.1, -0.05) is 6.92 Å². The molecule has 4 rings (SSSR count). The molecule has 0 aromatic carbocycles. The molecule has 0 spiro atoms. The molecule has 4 aliphatic rings. The molecule has 32 heavy (non-hydrogen) atoms. The molecule has 4 fully saturated rings. The predicted octanol–water partition coefficient (Wildman–Crippen LogP) is 3.61. The van der Waals surface area contributed by atoms with Gasteiger partial charge < -0.3 is 14.2 Å². The number of esters is 3. The fraction of sp³-hybridized carbons (Fsp3) is 0.840. The minimum Gasteiger partial charge on any atom is -0.465 e. The Balaban J connectivity index is 1.60. The Labute approximate surface area is 189 Å². The van der Waals surface area contributed by atoms with Crippen LogP contribution in [0.1, 0.15) is 79.1 Å². The molecule has 7 heteroatoms. The van der Waals surface area contributed by atoms with Crippen LogP contribution < -0.4 is 0 Å². The first-order valence-corrected chi connectivity index (χ1v) is 12.0. The lowest BCUT2D eigenvalue weighted by Crippen LogP contribution is -2.57. The van der Waals surface area contributed by atoms with E-state index in [2.05, 4.69) is 6.92 Å². The van der Waals surface area contributed by atoms with Crippen LogP contribution in [0.25, 0.3) is 0 Å². The third-order valence-corrected chi connectivity index (χ3v) is 9.14. The smallest absolute Gasteiger partial charge is 0.302 e. The molecule has 0 aliphatic heterocycles. The van der Waals surface area contributed by atoms with Crippen LogP contribution in [0.3, 0.4) is 0 Å². The van der Waals surface area contributed by atoms with E-state index in [1.165, 1.54) is 20.8 Å². The summed E-state index contributed by atoms with van der Waals surface area (Å²) in [7, 11) is 0. The SMILES string of the molecule is CC(=O)OCC12CCC3C(C(=O)C[C@H]4CC(OC(C)=O)CCC34C)C1CC(OC(C)=O)C2. The zero-order chi connectivity index (χ0) is 23.3. The van der Waals surface area contributed by atoms with Crippen LogP contribution >= 0.6 is 0 Å². The number of hydrogen-bond donors (Lipinski definition) is 0. The monoisotopic (exact) mass is 448 g/mol. The van der Waals surface area contributed by atoms with E-state index in [4.69, 9.17) is 14.2 Å². The molecule has 7 unspecified atom stereocenters. The maximum absolute atomic E-state index is 13.6. The van der Waals surface area contributed by atoms with Gasteiger partial charge in [-0.25, -0.2) is 0 Å². The molecule has 0 heterocycles. The van der Waals surface area contributed by atoms with Gasteiger partial charge in [0.25, 0.3) is 0 Å². The summed E-state index contributed by atoms with van der Waals surface area (Å²) in [6.07, 6.45) is 5.80. The first kappa shape index (κ1) is 23.2. The van der Waals surface area contributed by atoms with E-state index in [0.717, 1.165) is 32.1 Å². The number of Topliss-reactive ketones (excluding diaryl/α,β-unsaturated/α-hetero) is 1. The number of carbonyl (C=O) groups excluding carboxylic acids is 4. The number of ketones is 1. The summed E-state index contributed by atoms with van der Waals surface area (Å²) >= 11 is 0. The summed E-state index contributed by atoms with van der Waals surface area (Å²) in [5.41, 5.74) is -0.275. The van der Waals surface area contributed by atoms with E-state index < -0.39 is 0 Å². The summed E-state index contributed by atoms with van der Waals surface area (Å²) in [4.78, 5) is 48.3. The van der Waals surface area contributed by atoms with Crippen molar-refractivity contribution in [1.29, 1.82) is 0 Å². The van der Waals surface area contributed by atoms with Gasteiger partial charge in [0.15, 0.2) is 0 Å². The van der Waals surface area contributed by atoms with Crippen molar-refractivity contribution in [2.24, 2.45) is 34.5 Å². The molecule has 0 N–H and O–H groups in total. The highest BCUT2D eigenvalue weighted by molar-refractivity contribution is 5.83. The Hall–Kier alpha value is -1.92. The molecule has 0 amide bonds. The van der Waals surface area contributed by atoms with E-state index in [1.54, 1.807) is 0 Å². The quantitative estimate of drug-likeness (QED) is 0.479. The van der Waals surface area contributed by atoms with Crippen LogP contribution in [0.15, 0.2) is 0 Å². The minimum absolute atomic E-state index is 0.0301. The van der Waals surface area contributed by atoms with Crippen molar-refractivity contribution >= 4 is 23.7 Å². The highest BCUT2D eigenvalue weighted by atomic mass is 16.5. The standard InChI is InChI=1S/C25H36O7/c1-14(26)30-13-25-8-6-20-23(21(25)11-19(12-25)32-16(3)28)22(29)10-17-9-18(31-15(2)27)5-7-24(17,20)4/h17-21,23H,5-13H2,1-4H3/t17-,18?,19?,20?,21?,23?,24?,25?/m1/s1. The van der Waals surface area contributed by atoms with Crippen molar-refractivity contribution in [2.75, 3.05) is 6.61 Å². The molecule has 0 radical (unpaired) electrons. The molecular weight excluding hydrogens is 412 g/mol. The van der Waals surface area contributed by atoms with E-state index >= 15 is 0 Å². The number of fused-ring (bicyclic) bond motifs is 5. The van der Waals surface area contributed by atoms with Crippen LogP contribution in [0.5, 0.6) is 0 Å². The van der Waals surface area contributed by atoms with Crippen molar-refractivity contribution < 1.29 is 33.4 Å². The van der Waals surface area contributed by atoms with Gasteiger partial charge in [0.05, 0.1) is 6.61 Å². The largest absolute Gasteiger partial charge is 0.465 e. The zero-order valence-electron chi connectivity index (χ0n) is 19.7. The first-order valence-electron chi connectivity index (χ1n) is 12.0. The number of carbonyl (C=O) groups is 4. The third kappa shape index (κ3) is 4.08. The minimum atomic E-state index is -0.318. The van der Waals surface area contributed by atoms with Crippen molar-refractivity contribution in [3.63, 3.8) is 0 Å². The number of ether oxygens (including phenoxy) is 3. The summed E-state index contributed by atoms with van der Waals surface area (Å²) in [5.74, 6) is -0.150. The van der Waals surface area contributed by atoms with E-state index in [0.29, 0.717) is 19.3 Å². The molecule has 0 bridgehead atoms. The average molecular weight is 449 g/mol. The topological polar surface area (TPSA) is 96.0 Å². The molecular formula is C25H36O7. The van der Waals surface area contributed by atoms with Crippen LogP contribution in [0.2, 0.25) is 0 Å². The van der Waals surface area contributed by atoms with Crippen molar-refractivity contribution in [3.05, 3.63) is 0 Å². The van der Waals surface area contributed by atoms with Crippen molar-refractivity contribution in [1.82, 2.24) is 0 Å². The Morgan fingerprint density at radius 1 is 0.906 bits per heavy atom. The Kier molecular flexibility index (Phi) is 6.14. The van der Waals surface area contributed by atoms with E-state index in [9.17, 15) is 19.2 Å². The van der Waals surface area contributed by atoms with Crippen LogP contribution in [0, 0.1) is 34.5 Å². The predicted molar refractivity (Wildman–Crippen MR) is 114 cm³/mol. The third-order valence-electron chi connectivity index (χ3n) is 9.14. The van der Waals surface area contributed by atoms with Gasteiger partial charge in [0.2, 0.25) is 0 Å². The molecule has 0 saturated heterocycles. The van der Waals surface area contributed by atoms with E-state index in [-0.39, 0.29) is 77.0 Å². The van der Waals surface area contributed by atoms with Crippen LogP contribution in [-0.4, -0.2) is 42.5 Å². The average Bonchev–Trinajstić information content (AvgIpc) is 3.05. The summed E-state index contributed by atoms with van der Waals surface area (Å²) in [6.45, 7) is 6.88. The van der Waals surface area contributed by atoms with Crippen LogP contribution in [0.4, 0.5) is 0 Å². The Bertz CT molecular complexity index is 806. The lowest BCUT2D eigenvalue weighted by atomic mass is 9.45. The lowest BCUT2D eigenvalue weighted by Gasteiger charge is -2.59. The molecule has 4 saturated carbocycles. The van der Waals surface area contributed by atoms with Gasteiger partial charge in [0.1, 0.15) is 18.0 Å².